The van der Waals surface area contributed by atoms with E-state index < -0.39 is 0 Å². The fraction of sp³-hybridized carbons (Fsp3) is 0.462. The van der Waals surface area contributed by atoms with Crippen LogP contribution in [0.3, 0.4) is 0 Å². The maximum atomic E-state index is 13.0. The van der Waals surface area contributed by atoms with Crippen LogP contribution in [0.2, 0.25) is 0 Å². The van der Waals surface area contributed by atoms with Crippen LogP contribution in [-0.4, -0.2) is 36.4 Å². The van der Waals surface area contributed by atoms with Crippen LogP contribution in [-0.2, 0) is 9.59 Å². The molecule has 1 aliphatic rings. The first-order valence-electron chi connectivity index (χ1n) is 11.1. The quantitative estimate of drug-likeness (QED) is 0.710. The summed E-state index contributed by atoms with van der Waals surface area (Å²) < 4.78 is 5.57. The third kappa shape index (κ3) is 7.12. The first-order chi connectivity index (χ1) is 14.8. The highest BCUT2D eigenvalue weighted by Crippen LogP contribution is 2.30. The molecule has 31 heavy (non-hydrogen) atoms. The molecule has 0 bridgehead atoms. The van der Waals surface area contributed by atoms with E-state index in [0.29, 0.717) is 31.7 Å². The predicted octanol–water partition coefficient (Wildman–Crippen LogP) is 4.60. The summed E-state index contributed by atoms with van der Waals surface area (Å²) in [5.74, 6) is 0.685. The van der Waals surface area contributed by atoms with Crippen LogP contribution >= 0.6 is 0 Å². The minimum Gasteiger partial charge on any atom is -0.484 e. The Bertz CT molecular complexity index is 838. The van der Waals surface area contributed by atoms with E-state index in [9.17, 15) is 9.59 Å². The number of nitrogens with one attached hydrogen (secondary N) is 1. The molecule has 0 aliphatic carbocycles. The van der Waals surface area contributed by atoms with E-state index in [-0.39, 0.29) is 35.8 Å². The molecule has 1 saturated heterocycles. The number of benzene rings is 2. The largest absolute Gasteiger partial charge is 0.484 e. The number of nitrogens with zero attached hydrogens (tertiary/aromatic N) is 1. The van der Waals surface area contributed by atoms with Crippen LogP contribution in [0.4, 0.5) is 0 Å². The number of hydrogen-bond donors (Lipinski definition) is 1. The van der Waals surface area contributed by atoms with Gasteiger partial charge in [-0.25, -0.2) is 0 Å². The Labute approximate surface area is 185 Å². The lowest BCUT2D eigenvalue weighted by atomic mass is 9.85. The number of para-hydroxylation sites is 1. The molecule has 0 saturated carbocycles. The zero-order valence-electron chi connectivity index (χ0n) is 18.8. The highest BCUT2D eigenvalue weighted by atomic mass is 16.5. The third-order valence-corrected chi connectivity index (χ3v) is 5.66. The van der Waals surface area contributed by atoms with Gasteiger partial charge in [0.2, 0.25) is 5.91 Å². The predicted molar refractivity (Wildman–Crippen MR) is 123 cm³/mol. The summed E-state index contributed by atoms with van der Waals surface area (Å²) in [5, 5.41) is 3.28. The van der Waals surface area contributed by atoms with E-state index in [2.05, 4.69) is 38.2 Å². The van der Waals surface area contributed by atoms with Crippen molar-refractivity contribution in [1.82, 2.24) is 10.2 Å². The van der Waals surface area contributed by atoms with E-state index in [1.165, 1.54) is 0 Å². The number of carbonyl (C=O) groups is 2. The normalized spacial score (nSPS) is 15.9. The lowest BCUT2D eigenvalue weighted by molar-refractivity contribution is -0.137. The monoisotopic (exact) mass is 422 g/mol. The second-order valence-electron chi connectivity index (χ2n) is 9.49. The van der Waals surface area contributed by atoms with Crippen molar-refractivity contribution in [3.05, 3.63) is 66.2 Å². The zero-order chi connectivity index (χ0) is 22.3. The lowest BCUT2D eigenvalue weighted by Crippen LogP contribution is -2.45. The summed E-state index contributed by atoms with van der Waals surface area (Å²) in [4.78, 5) is 27.3. The lowest BCUT2D eigenvalue weighted by Gasteiger charge is -2.33. The molecular weight excluding hydrogens is 388 g/mol. The van der Waals surface area contributed by atoms with Gasteiger partial charge < -0.3 is 15.0 Å². The maximum absolute atomic E-state index is 13.0. The molecule has 0 aromatic heterocycles. The number of carbonyl (C=O) groups excluding carboxylic acids is 2. The molecular formula is C26H34N2O3. The smallest absolute Gasteiger partial charge is 0.260 e. The number of ether oxygens (including phenoxy) is 1. The van der Waals surface area contributed by atoms with E-state index in [1.54, 1.807) is 4.90 Å². The van der Waals surface area contributed by atoms with E-state index in [1.807, 2.05) is 48.5 Å². The van der Waals surface area contributed by atoms with Crippen molar-refractivity contribution in [3.8, 4) is 5.75 Å². The van der Waals surface area contributed by atoms with Gasteiger partial charge in [-0.05, 0) is 42.4 Å². The van der Waals surface area contributed by atoms with Crippen molar-refractivity contribution < 1.29 is 14.3 Å². The number of amides is 2. The van der Waals surface area contributed by atoms with Gasteiger partial charge in [0.05, 0.1) is 6.04 Å². The summed E-state index contributed by atoms with van der Waals surface area (Å²) in [6.45, 7) is 7.78. The SMILES string of the molecule is CC(C)(C)CC(NC(=O)C1CCN(C(=O)COc2ccccc2)CC1)c1ccccc1. The first-order valence-corrected chi connectivity index (χ1v) is 11.1. The van der Waals surface area contributed by atoms with Crippen LogP contribution in [0.25, 0.3) is 0 Å². The Kier molecular flexibility index (Phi) is 7.72. The van der Waals surface area contributed by atoms with Gasteiger partial charge in [0.1, 0.15) is 5.75 Å². The first kappa shape index (κ1) is 22.9. The Morgan fingerprint density at radius 1 is 1.00 bits per heavy atom. The highest BCUT2D eigenvalue weighted by molar-refractivity contribution is 5.81. The number of piperidine rings is 1. The van der Waals surface area contributed by atoms with Gasteiger partial charge in [0.15, 0.2) is 6.61 Å². The third-order valence-electron chi connectivity index (χ3n) is 5.66. The second-order valence-corrected chi connectivity index (χ2v) is 9.49. The molecule has 1 aliphatic heterocycles. The van der Waals surface area contributed by atoms with Gasteiger partial charge in [0, 0.05) is 19.0 Å². The molecule has 2 amide bonds. The molecule has 2 aromatic rings. The van der Waals surface area contributed by atoms with Gasteiger partial charge >= 0.3 is 0 Å². The summed E-state index contributed by atoms with van der Waals surface area (Å²) in [6.07, 6.45) is 2.23. The topological polar surface area (TPSA) is 58.6 Å². The summed E-state index contributed by atoms with van der Waals surface area (Å²) in [5.41, 5.74) is 1.24. The minimum absolute atomic E-state index is 0.00682. The molecule has 1 fully saturated rings. The highest BCUT2D eigenvalue weighted by Gasteiger charge is 2.30. The molecule has 1 heterocycles. The average Bonchev–Trinajstić information content (AvgIpc) is 2.77. The Morgan fingerprint density at radius 3 is 2.16 bits per heavy atom. The summed E-state index contributed by atoms with van der Waals surface area (Å²) in [6, 6.07) is 19.5. The van der Waals surface area contributed by atoms with Crippen molar-refractivity contribution in [2.75, 3.05) is 19.7 Å². The average molecular weight is 423 g/mol. The van der Waals surface area contributed by atoms with E-state index in [4.69, 9.17) is 4.74 Å². The van der Waals surface area contributed by atoms with Crippen molar-refractivity contribution in [2.24, 2.45) is 11.3 Å². The zero-order valence-corrected chi connectivity index (χ0v) is 18.8. The number of likely N-dealkylation sites (tertiary alicyclic amines) is 1. The van der Waals surface area contributed by atoms with Gasteiger partial charge in [-0.1, -0.05) is 69.3 Å². The van der Waals surface area contributed by atoms with E-state index >= 15 is 0 Å². The molecule has 2 aromatic carbocycles. The van der Waals surface area contributed by atoms with Crippen molar-refractivity contribution in [3.63, 3.8) is 0 Å². The minimum atomic E-state index is -0.0646. The fourth-order valence-corrected chi connectivity index (χ4v) is 3.98. The van der Waals surface area contributed by atoms with Crippen molar-refractivity contribution >= 4 is 11.8 Å². The van der Waals surface area contributed by atoms with Crippen molar-refractivity contribution in [1.29, 1.82) is 0 Å². The van der Waals surface area contributed by atoms with Gasteiger partial charge in [-0.15, -0.1) is 0 Å². The van der Waals surface area contributed by atoms with Crippen LogP contribution in [0.5, 0.6) is 5.75 Å². The fourth-order valence-electron chi connectivity index (χ4n) is 3.98. The number of hydrogen-bond acceptors (Lipinski definition) is 3. The summed E-state index contributed by atoms with van der Waals surface area (Å²) >= 11 is 0. The Morgan fingerprint density at radius 2 is 1.58 bits per heavy atom. The van der Waals surface area contributed by atoms with Crippen LogP contribution < -0.4 is 10.1 Å². The van der Waals surface area contributed by atoms with Crippen LogP contribution in [0.15, 0.2) is 60.7 Å². The Hall–Kier alpha value is -2.82. The maximum Gasteiger partial charge on any atom is 0.260 e. The van der Waals surface area contributed by atoms with Gasteiger partial charge in [0.25, 0.3) is 5.91 Å². The second kappa shape index (κ2) is 10.5. The van der Waals surface area contributed by atoms with Crippen molar-refractivity contribution in [2.45, 2.75) is 46.1 Å². The standard InChI is InChI=1S/C26H34N2O3/c1-26(2,3)18-23(20-10-6-4-7-11-20)27-25(30)21-14-16-28(17-15-21)24(29)19-31-22-12-8-5-9-13-22/h4-13,21,23H,14-19H2,1-3H3,(H,27,30). The van der Waals surface area contributed by atoms with Gasteiger partial charge in [-0.2, -0.15) is 0 Å². The van der Waals surface area contributed by atoms with Gasteiger partial charge in [-0.3, -0.25) is 9.59 Å². The molecule has 1 N–H and O–H groups in total. The molecule has 5 nitrogen and oxygen atoms in total. The van der Waals surface area contributed by atoms with E-state index in [0.717, 1.165) is 12.0 Å². The molecule has 0 radical (unpaired) electrons. The number of rotatable bonds is 7. The Balaban J connectivity index is 1.51. The molecule has 3 rings (SSSR count). The molecule has 5 heteroatoms. The van der Waals surface area contributed by atoms with Crippen LogP contribution in [0, 0.1) is 11.3 Å². The molecule has 1 atom stereocenters. The molecule has 166 valence electrons. The molecule has 1 unspecified atom stereocenters. The summed E-state index contributed by atoms with van der Waals surface area (Å²) in [7, 11) is 0. The van der Waals surface area contributed by atoms with Crippen LogP contribution in [0.1, 0.15) is 51.6 Å². The molecule has 0 spiro atoms.